The van der Waals surface area contributed by atoms with Crippen LogP contribution in [-0.4, -0.2) is 46.3 Å². The summed E-state index contributed by atoms with van der Waals surface area (Å²) in [5.41, 5.74) is -0.904. The molecule has 35 heavy (non-hydrogen) atoms. The second kappa shape index (κ2) is 9.50. The highest BCUT2D eigenvalue weighted by Gasteiger charge is 2.30. The molecule has 4 rings (SSSR count). The van der Waals surface area contributed by atoms with Crippen molar-refractivity contribution in [1.29, 1.82) is 0 Å². The van der Waals surface area contributed by atoms with Crippen molar-refractivity contribution in [3.05, 3.63) is 62.4 Å². The first-order valence-corrected chi connectivity index (χ1v) is 10.7. The maximum Gasteiger partial charge on any atom is 0.416 e. The number of aryl methyl sites for hydroxylation is 1. The quantitative estimate of drug-likeness (QED) is 0.492. The Morgan fingerprint density at radius 2 is 1.91 bits per heavy atom. The first-order chi connectivity index (χ1) is 16.6. The number of anilines is 2. The molecule has 13 heteroatoms. The summed E-state index contributed by atoms with van der Waals surface area (Å²) in [7, 11) is 2.83. The molecule has 1 aliphatic rings. The number of ether oxygens (including phenoxy) is 1. The number of rotatable bonds is 5. The number of pyridine rings is 1. The number of aromatic nitrogens is 3. The molecule has 0 aliphatic carbocycles. The first kappa shape index (κ1) is 24.4. The Bertz CT molecular complexity index is 1380. The van der Waals surface area contributed by atoms with Crippen molar-refractivity contribution in [2.24, 2.45) is 14.1 Å². The number of alkyl halides is 3. The largest absolute Gasteiger partial charge is 0.416 e. The summed E-state index contributed by atoms with van der Waals surface area (Å²) < 4.78 is 46.1. The summed E-state index contributed by atoms with van der Waals surface area (Å²) in [5, 5.41) is 8.71. The Morgan fingerprint density at radius 1 is 1.20 bits per heavy atom. The predicted octanol–water partition coefficient (Wildman–Crippen LogP) is 1.36. The number of fused-ring (bicyclic) bond motifs is 1. The van der Waals surface area contributed by atoms with Gasteiger partial charge >= 0.3 is 11.9 Å². The van der Waals surface area contributed by atoms with Crippen molar-refractivity contribution in [2.45, 2.75) is 12.3 Å². The molecular formula is C22H23F3N6O4. The fraction of sp³-hybridized carbons (Fsp3) is 0.364. The van der Waals surface area contributed by atoms with Crippen LogP contribution in [0.3, 0.4) is 0 Å². The number of hydrogen-bond donors (Lipinski definition) is 3. The van der Waals surface area contributed by atoms with E-state index in [1.54, 1.807) is 6.07 Å². The highest BCUT2D eigenvalue weighted by atomic mass is 19.4. The zero-order valence-electron chi connectivity index (χ0n) is 18.9. The number of benzene rings is 1. The average molecular weight is 492 g/mol. The minimum absolute atomic E-state index is 0.115. The van der Waals surface area contributed by atoms with Crippen molar-refractivity contribution in [2.75, 3.05) is 36.9 Å². The van der Waals surface area contributed by atoms with Gasteiger partial charge in [-0.1, -0.05) is 0 Å². The molecule has 1 atom stereocenters. The third-order valence-corrected chi connectivity index (χ3v) is 5.62. The van der Waals surface area contributed by atoms with E-state index in [1.807, 2.05) is 0 Å². The van der Waals surface area contributed by atoms with Gasteiger partial charge in [-0.2, -0.15) is 13.2 Å². The molecule has 0 bridgehead atoms. The highest BCUT2D eigenvalue weighted by molar-refractivity contribution is 5.96. The van der Waals surface area contributed by atoms with Crippen LogP contribution in [0.5, 0.6) is 0 Å². The lowest BCUT2D eigenvalue weighted by Crippen LogP contribution is -2.38. The normalized spacial score (nSPS) is 16.3. The molecule has 3 aromatic rings. The van der Waals surface area contributed by atoms with Crippen LogP contribution >= 0.6 is 0 Å². The third-order valence-electron chi connectivity index (χ3n) is 5.62. The molecule has 2 aromatic heterocycles. The van der Waals surface area contributed by atoms with E-state index >= 15 is 0 Å². The third kappa shape index (κ3) is 5.05. The molecule has 1 unspecified atom stereocenters. The summed E-state index contributed by atoms with van der Waals surface area (Å²) in [6.45, 7) is 1.32. The topological polar surface area (TPSA) is 119 Å². The van der Waals surface area contributed by atoms with Gasteiger partial charge in [0.15, 0.2) is 5.65 Å². The van der Waals surface area contributed by atoms with Gasteiger partial charge in [0.2, 0.25) is 5.91 Å². The molecule has 186 valence electrons. The molecular weight excluding hydrogens is 469 g/mol. The summed E-state index contributed by atoms with van der Waals surface area (Å²) in [6.07, 6.45) is -4.90. The average Bonchev–Trinajstić information content (AvgIpc) is 2.84. The van der Waals surface area contributed by atoms with Gasteiger partial charge in [-0.05, 0) is 30.3 Å². The van der Waals surface area contributed by atoms with E-state index in [9.17, 15) is 27.6 Å². The van der Waals surface area contributed by atoms with E-state index in [1.165, 1.54) is 18.7 Å². The van der Waals surface area contributed by atoms with Crippen LogP contribution in [0, 0.1) is 0 Å². The van der Waals surface area contributed by atoms with E-state index in [2.05, 4.69) is 20.9 Å². The molecule has 0 spiro atoms. The van der Waals surface area contributed by atoms with E-state index in [0.717, 1.165) is 28.8 Å². The summed E-state index contributed by atoms with van der Waals surface area (Å²) in [4.78, 5) is 42.3. The zero-order chi connectivity index (χ0) is 25.3. The van der Waals surface area contributed by atoms with Crippen LogP contribution < -0.4 is 27.2 Å². The van der Waals surface area contributed by atoms with Crippen LogP contribution in [-0.2, 0) is 29.8 Å². The Kier molecular flexibility index (Phi) is 6.63. The predicted molar refractivity (Wildman–Crippen MR) is 122 cm³/mol. The molecule has 1 aromatic carbocycles. The molecule has 1 fully saturated rings. The molecule has 1 aliphatic heterocycles. The van der Waals surface area contributed by atoms with Crippen molar-refractivity contribution < 1.29 is 22.7 Å². The zero-order valence-corrected chi connectivity index (χ0v) is 18.9. The lowest BCUT2D eigenvalue weighted by Gasteiger charge is -2.24. The molecule has 0 saturated carbocycles. The van der Waals surface area contributed by atoms with Gasteiger partial charge in [-0.15, -0.1) is 0 Å². The molecule has 1 saturated heterocycles. The number of morpholine rings is 1. The summed E-state index contributed by atoms with van der Waals surface area (Å²) in [5.74, 6) is -0.548. The Balaban J connectivity index is 1.62. The van der Waals surface area contributed by atoms with Crippen LogP contribution in [0.25, 0.3) is 11.0 Å². The van der Waals surface area contributed by atoms with E-state index in [-0.39, 0.29) is 29.0 Å². The van der Waals surface area contributed by atoms with Crippen molar-refractivity contribution in [3.8, 4) is 0 Å². The SMILES string of the molecule is Cn1c(=O)c2c(NCC(=O)Nc3ccc(C(F)(F)F)cc3)cc(C3CNCCO3)nc2n(C)c1=O. The Labute approximate surface area is 196 Å². The summed E-state index contributed by atoms with van der Waals surface area (Å²) in [6, 6.07) is 5.64. The lowest BCUT2D eigenvalue weighted by atomic mass is 10.1. The molecule has 1 amide bonds. The first-order valence-electron chi connectivity index (χ1n) is 10.7. The minimum Gasteiger partial charge on any atom is -0.375 e. The number of carbonyl (C=O) groups is 1. The van der Waals surface area contributed by atoms with Gasteiger partial charge in [0.25, 0.3) is 5.56 Å². The number of hydrogen-bond acceptors (Lipinski definition) is 7. The lowest BCUT2D eigenvalue weighted by molar-refractivity contribution is -0.137. The molecule has 10 nitrogen and oxygen atoms in total. The van der Waals surface area contributed by atoms with Gasteiger partial charge in [0.1, 0.15) is 11.5 Å². The molecule has 0 radical (unpaired) electrons. The number of carbonyl (C=O) groups excluding carboxylic acids is 1. The number of nitrogens with one attached hydrogen (secondary N) is 3. The smallest absolute Gasteiger partial charge is 0.375 e. The van der Waals surface area contributed by atoms with Crippen LogP contribution in [0.15, 0.2) is 39.9 Å². The maximum atomic E-state index is 12.9. The summed E-state index contributed by atoms with van der Waals surface area (Å²) >= 11 is 0. The standard InChI is InChI=1S/C22H23F3N6O4/c1-30-19-18(20(33)31(2)21(30)34)15(9-14(29-19)16-10-26-7-8-35-16)27-11-17(32)28-13-5-3-12(4-6-13)22(23,24)25/h3-6,9,16,26H,7-8,10-11H2,1-2H3,(H,27,29)(H,28,32). The maximum absolute atomic E-state index is 12.9. The van der Waals surface area contributed by atoms with Gasteiger partial charge in [0, 0.05) is 32.9 Å². The van der Waals surface area contributed by atoms with Gasteiger partial charge in [-0.25, -0.2) is 9.78 Å². The number of nitrogens with zero attached hydrogens (tertiary/aromatic N) is 3. The highest BCUT2D eigenvalue weighted by Crippen LogP contribution is 2.30. The Morgan fingerprint density at radius 3 is 2.54 bits per heavy atom. The van der Waals surface area contributed by atoms with E-state index < -0.39 is 35.0 Å². The minimum atomic E-state index is -4.48. The molecule has 3 N–H and O–H groups in total. The monoisotopic (exact) mass is 492 g/mol. The van der Waals surface area contributed by atoms with Crippen molar-refractivity contribution in [3.63, 3.8) is 0 Å². The molecule has 3 heterocycles. The van der Waals surface area contributed by atoms with E-state index in [0.29, 0.717) is 25.4 Å². The second-order valence-corrected chi connectivity index (χ2v) is 8.04. The van der Waals surface area contributed by atoms with Crippen LogP contribution in [0.1, 0.15) is 17.4 Å². The van der Waals surface area contributed by atoms with Crippen molar-refractivity contribution >= 4 is 28.3 Å². The van der Waals surface area contributed by atoms with Gasteiger partial charge < -0.3 is 20.7 Å². The van der Waals surface area contributed by atoms with E-state index in [4.69, 9.17) is 4.74 Å². The Hall–Kier alpha value is -3.71. The number of amides is 1. The van der Waals surface area contributed by atoms with Crippen LogP contribution in [0.2, 0.25) is 0 Å². The van der Waals surface area contributed by atoms with Crippen LogP contribution in [0.4, 0.5) is 24.5 Å². The fourth-order valence-electron chi connectivity index (χ4n) is 3.76. The van der Waals surface area contributed by atoms with Gasteiger partial charge in [-0.3, -0.25) is 18.7 Å². The number of halogens is 3. The van der Waals surface area contributed by atoms with Gasteiger partial charge in [0.05, 0.1) is 30.1 Å². The van der Waals surface area contributed by atoms with Crippen molar-refractivity contribution in [1.82, 2.24) is 19.4 Å². The second-order valence-electron chi connectivity index (χ2n) is 8.04. The fourth-order valence-corrected chi connectivity index (χ4v) is 3.76.